The van der Waals surface area contributed by atoms with Crippen molar-refractivity contribution in [2.24, 2.45) is 5.73 Å². The number of aliphatic hydroxyl groups is 1. The van der Waals surface area contributed by atoms with Gasteiger partial charge >= 0.3 is 0 Å². The number of nitrogens with zero attached hydrogens (tertiary/aromatic N) is 1. The largest absolute Gasteiger partial charge is 0.372 e. The van der Waals surface area contributed by atoms with E-state index >= 15 is 0 Å². The van der Waals surface area contributed by atoms with Crippen molar-refractivity contribution in [3.63, 3.8) is 0 Å². The zero-order chi connectivity index (χ0) is 18.1. The molecule has 2 aromatic carbocycles. The van der Waals surface area contributed by atoms with Crippen molar-refractivity contribution >= 4 is 15.9 Å². The standard InChI is InChI=1S/C16H17FN2O4S/c1-19(2)24(22,23)14-10-12(17)8-9-13(14)16(21,15(18)20)11-6-4-3-5-7-11/h3-10,21H,1-2H3,(H2,18,20). The van der Waals surface area contributed by atoms with Gasteiger partial charge in [-0.25, -0.2) is 17.1 Å². The summed E-state index contributed by atoms with van der Waals surface area (Å²) in [5.74, 6) is -1.99. The van der Waals surface area contributed by atoms with Crippen LogP contribution >= 0.6 is 0 Å². The molecular weight excluding hydrogens is 335 g/mol. The van der Waals surface area contributed by atoms with Gasteiger partial charge in [0, 0.05) is 19.7 Å². The summed E-state index contributed by atoms with van der Waals surface area (Å²) in [6.45, 7) is 0. The van der Waals surface area contributed by atoms with Crippen molar-refractivity contribution in [1.82, 2.24) is 4.31 Å². The van der Waals surface area contributed by atoms with E-state index in [1.54, 1.807) is 18.2 Å². The van der Waals surface area contributed by atoms with Gasteiger partial charge in [0.25, 0.3) is 5.91 Å². The Bertz CT molecular complexity index is 869. The van der Waals surface area contributed by atoms with Crippen molar-refractivity contribution in [1.29, 1.82) is 0 Å². The molecule has 8 heteroatoms. The van der Waals surface area contributed by atoms with Crippen LogP contribution in [0.2, 0.25) is 0 Å². The normalized spacial score (nSPS) is 14.4. The van der Waals surface area contributed by atoms with Gasteiger partial charge in [-0.1, -0.05) is 36.4 Å². The highest BCUT2D eigenvalue weighted by Crippen LogP contribution is 2.35. The Hall–Kier alpha value is -2.29. The molecule has 0 aliphatic rings. The maximum Gasteiger partial charge on any atom is 0.258 e. The Morgan fingerprint density at radius 1 is 1.17 bits per heavy atom. The lowest BCUT2D eigenvalue weighted by Crippen LogP contribution is -2.43. The fraction of sp³-hybridized carbons (Fsp3) is 0.188. The van der Waals surface area contributed by atoms with Crippen LogP contribution in [0.15, 0.2) is 53.4 Å². The molecule has 1 unspecified atom stereocenters. The number of sulfonamides is 1. The summed E-state index contributed by atoms with van der Waals surface area (Å²) in [6.07, 6.45) is 0. The van der Waals surface area contributed by atoms with Crippen molar-refractivity contribution in [2.45, 2.75) is 10.5 Å². The molecule has 1 atom stereocenters. The molecule has 2 aromatic rings. The molecule has 0 heterocycles. The average molecular weight is 352 g/mol. The van der Waals surface area contributed by atoms with Crippen molar-refractivity contribution in [3.05, 3.63) is 65.5 Å². The monoisotopic (exact) mass is 352 g/mol. The molecule has 2 rings (SSSR count). The van der Waals surface area contributed by atoms with Gasteiger partial charge in [-0.05, 0) is 17.7 Å². The predicted octanol–water partition coefficient (Wildman–Crippen LogP) is 0.797. The van der Waals surface area contributed by atoms with Crippen molar-refractivity contribution < 1.29 is 22.7 Å². The number of primary amides is 1. The Morgan fingerprint density at radius 2 is 1.75 bits per heavy atom. The van der Waals surface area contributed by atoms with Gasteiger partial charge in [-0.3, -0.25) is 4.79 Å². The molecule has 0 radical (unpaired) electrons. The molecule has 0 fully saturated rings. The molecule has 128 valence electrons. The number of hydrogen-bond donors (Lipinski definition) is 2. The minimum absolute atomic E-state index is 0.0827. The quantitative estimate of drug-likeness (QED) is 0.831. The van der Waals surface area contributed by atoms with Gasteiger partial charge in [-0.15, -0.1) is 0 Å². The zero-order valence-electron chi connectivity index (χ0n) is 13.1. The lowest BCUT2D eigenvalue weighted by Gasteiger charge is -2.28. The SMILES string of the molecule is CN(C)S(=O)(=O)c1cc(F)ccc1C(O)(C(N)=O)c1ccccc1. The van der Waals surface area contributed by atoms with E-state index < -0.39 is 32.2 Å². The van der Waals surface area contributed by atoms with Gasteiger partial charge in [0.15, 0.2) is 5.60 Å². The van der Waals surface area contributed by atoms with E-state index in [2.05, 4.69) is 0 Å². The first kappa shape index (κ1) is 18.1. The number of halogens is 1. The molecular formula is C16H17FN2O4S. The Kier molecular flexibility index (Phi) is 4.75. The zero-order valence-corrected chi connectivity index (χ0v) is 13.9. The maximum absolute atomic E-state index is 13.7. The third kappa shape index (κ3) is 2.91. The molecule has 0 aliphatic carbocycles. The Balaban J connectivity index is 2.86. The first-order chi connectivity index (χ1) is 11.1. The summed E-state index contributed by atoms with van der Waals surface area (Å²) in [5.41, 5.74) is 2.72. The second-order valence-electron chi connectivity index (χ2n) is 5.37. The molecule has 1 amide bonds. The second-order valence-corrected chi connectivity index (χ2v) is 7.49. The van der Waals surface area contributed by atoms with E-state index in [1.807, 2.05) is 0 Å². The topological polar surface area (TPSA) is 101 Å². The molecule has 24 heavy (non-hydrogen) atoms. The highest BCUT2D eigenvalue weighted by atomic mass is 32.2. The molecule has 6 nitrogen and oxygen atoms in total. The molecule has 0 aliphatic heterocycles. The first-order valence-electron chi connectivity index (χ1n) is 6.92. The third-order valence-electron chi connectivity index (χ3n) is 3.64. The summed E-state index contributed by atoms with van der Waals surface area (Å²) in [5, 5.41) is 11.0. The van der Waals surface area contributed by atoms with Crippen LogP contribution in [0.25, 0.3) is 0 Å². The van der Waals surface area contributed by atoms with Crippen LogP contribution in [0.1, 0.15) is 11.1 Å². The number of carbonyl (C=O) groups is 1. The number of rotatable bonds is 5. The molecule has 0 saturated heterocycles. The minimum Gasteiger partial charge on any atom is -0.372 e. The maximum atomic E-state index is 13.7. The molecule has 0 saturated carbocycles. The number of hydrogen-bond acceptors (Lipinski definition) is 4. The van der Waals surface area contributed by atoms with Gasteiger partial charge in [0.1, 0.15) is 5.82 Å². The van der Waals surface area contributed by atoms with E-state index in [4.69, 9.17) is 5.73 Å². The minimum atomic E-state index is -4.13. The van der Waals surface area contributed by atoms with Crippen LogP contribution in [-0.2, 0) is 20.4 Å². The fourth-order valence-electron chi connectivity index (χ4n) is 2.32. The summed E-state index contributed by atoms with van der Waals surface area (Å²) >= 11 is 0. The molecule has 3 N–H and O–H groups in total. The molecule has 0 aromatic heterocycles. The molecule has 0 bridgehead atoms. The smallest absolute Gasteiger partial charge is 0.258 e. The van der Waals surface area contributed by atoms with Crippen LogP contribution in [0.5, 0.6) is 0 Å². The number of benzene rings is 2. The van der Waals surface area contributed by atoms with Gasteiger partial charge in [0.2, 0.25) is 10.0 Å². The van der Waals surface area contributed by atoms with E-state index in [1.165, 1.54) is 26.2 Å². The van der Waals surface area contributed by atoms with Crippen LogP contribution in [0.4, 0.5) is 4.39 Å². The summed E-state index contributed by atoms with van der Waals surface area (Å²) in [6, 6.07) is 10.4. The van der Waals surface area contributed by atoms with Gasteiger partial charge in [-0.2, -0.15) is 0 Å². The second kappa shape index (κ2) is 6.31. The lowest BCUT2D eigenvalue weighted by molar-refractivity contribution is -0.133. The highest BCUT2D eigenvalue weighted by molar-refractivity contribution is 7.89. The van der Waals surface area contributed by atoms with Crippen LogP contribution in [-0.4, -0.2) is 37.8 Å². The Labute approximate surface area is 139 Å². The highest BCUT2D eigenvalue weighted by Gasteiger charge is 2.42. The van der Waals surface area contributed by atoms with Crippen molar-refractivity contribution in [2.75, 3.05) is 14.1 Å². The van der Waals surface area contributed by atoms with Gasteiger partial charge in [0.05, 0.1) is 4.90 Å². The number of carbonyl (C=O) groups excluding carboxylic acids is 1. The van der Waals surface area contributed by atoms with Crippen LogP contribution < -0.4 is 5.73 Å². The number of nitrogens with two attached hydrogens (primary N) is 1. The lowest BCUT2D eigenvalue weighted by atomic mass is 9.85. The van der Waals surface area contributed by atoms with Crippen molar-refractivity contribution in [3.8, 4) is 0 Å². The number of amides is 1. The van der Waals surface area contributed by atoms with Crippen LogP contribution in [0.3, 0.4) is 0 Å². The fourth-order valence-corrected chi connectivity index (χ4v) is 3.46. The van der Waals surface area contributed by atoms with Gasteiger partial charge < -0.3 is 10.8 Å². The molecule has 0 spiro atoms. The summed E-state index contributed by atoms with van der Waals surface area (Å²) in [7, 11) is -1.61. The van der Waals surface area contributed by atoms with E-state index in [0.717, 1.165) is 22.5 Å². The summed E-state index contributed by atoms with van der Waals surface area (Å²) in [4.78, 5) is 11.5. The Morgan fingerprint density at radius 3 is 2.25 bits per heavy atom. The summed E-state index contributed by atoms with van der Waals surface area (Å²) < 4.78 is 39.5. The van der Waals surface area contributed by atoms with E-state index in [9.17, 15) is 22.7 Å². The first-order valence-corrected chi connectivity index (χ1v) is 8.36. The van der Waals surface area contributed by atoms with E-state index in [-0.39, 0.29) is 11.1 Å². The predicted molar refractivity (Wildman–Crippen MR) is 85.9 cm³/mol. The average Bonchev–Trinajstić information content (AvgIpc) is 2.54. The van der Waals surface area contributed by atoms with E-state index in [0.29, 0.717) is 0 Å². The van der Waals surface area contributed by atoms with Crippen LogP contribution in [0, 0.1) is 5.82 Å². The third-order valence-corrected chi connectivity index (χ3v) is 5.50.